The summed E-state index contributed by atoms with van der Waals surface area (Å²) >= 11 is 0. The molecule has 1 unspecified atom stereocenters. The molecule has 128 valence electrons. The molecule has 1 aromatic carbocycles. The molecule has 0 heterocycles. The van der Waals surface area contributed by atoms with Crippen molar-refractivity contribution in [3.63, 3.8) is 0 Å². The zero-order chi connectivity index (χ0) is 17.5. The Kier molecular flexibility index (Phi) is 6.79. The summed E-state index contributed by atoms with van der Waals surface area (Å²) in [5, 5.41) is 2.09. The number of hydrogen-bond acceptors (Lipinski definition) is 1. The van der Waals surface area contributed by atoms with Crippen LogP contribution < -0.4 is 5.32 Å². The quantitative estimate of drug-likeness (QED) is 0.639. The van der Waals surface area contributed by atoms with Gasteiger partial charge < -0.3 is 5.32 Å². The minimum Gasteiger partial charge on any atom is -0.339 e. The van der Waals surface area contributed by atoms with Crippen molar-refractivity contribution in [2.24, 2.45) is 0 Å². The van der Waals surface area contributed by atoms with E-state index in [1.807, 2.05) is 13.8 Å². The molecule has 0 saturated carbocycles. The summed E-state index contributed by atoms with van der Waals surface area (Å²) in [7, 11) is 0. The number of amides is 1. The number of alkyl halides is 3. The van der Waals surface area contributed by atoms with E-state index >= 15 is 0 Å². The molecule has 1 amide bonds. The molecular formula is C17H21F4NO. The van der Waals surface area contributed by atoms with Crippen molar-refractivity contribution in [2.45, 2.75) is 51.2 Å². The van der Waals surface area contributed by atoms with Gasteiger partial charge in [0.2, 0.25) is 0 Å². The zero-order valence-electron chi connectivity index (χ0n) is 13.2. The van der Waals surface area contributed by atoms with E-state index in [0.717, 1.165) is 6.42 Å². The Morgan fingerprint density at radius 3 is 2.30 bits per heavy atom. The van der Waals surface area contributed by atoms with Crippen molar-refractivity contribution in [3.05, 3.63) is 47.8 Å². The minimum atomic E-state index is -4.92. The molecule has 6 heteroatoms. The van der Waals surface area contributed by atoms with Crippen LogP contribution in [0.1, 0.15) is 38.7 Å². The lowest BCUT2D eigenvalue weighted by atomic mass is 9.82. The summed E-state index contributed by atoms with van der Waals surface area (Å²) in [4.78, 5) is 11.3. The maximum Gasteiger partial charge on any atom is 0.471 e. The highest BCUT2D eigenvalue weighted by Crippen LogP contribution is 2.28. The fraction of sp³-hybridized carbons (Fsp3) is 0.471. The SMILES string of the molecule is CC.O=C(NC1(Cc2ccc(F)cc2)C=CCCC1)C(F)(F)F. The zero-order valence-corrected chi connectivity index (χ0v) is 13.2. The van der Waals surface area contributed by atoms with Crippen LogP contribution in [0.2, 0.25) is 0 Å². The highest BCUT2D eigenvalue weighted by Gasteiger charge is 2.43. The number of carbonyl (C=O) groups is 1. The highest BCUT2D eigenvalue weighted by atomic mass is 19.4. The van der Waals surface area contributed by atoms with Crippen LogP contribution in [-0.4, -0.2) is 17.6 Å². The molecule has 1 N–H and O–H groups in total. The Bertz CT molecular complexity index is 537. The van der Waals surface area contributed by atoms with Crippen LogP contribution in [0.3, 0.4) is 0 Å². The van der Waals surface area contributed by atoms with Crippen molar-refractivity contribution in [1.29, 1.82) is 0 Å². The molecule has 0 aliphatic heterocycles. The van der Waals surface area contributed by atoms with Gasteiger partial charge in [-0.2, -0.15) is 13.2 Å². The molecule has 23 heavy (non-hydrogen) atoms. The van der Waals surface area contributed by atoms with Gasteiger partial charge in [0.25, 0.3) is 0 Å². The second-order valence-electron chi connectivity index (χ2n) is 5.21. The Hall–Kier alpha value is -1.85. The molecule has 1 atom stereocenters. The van der Waals surface area contributed by atoms with Crippen LogP contribution in [0.15, 0.2) is 36.4 Å². The first-order chi connectivity index (χ1) is 10.8. The normalized spacial score (nSPS) is 20.4. The van der Waals surface area contributed by atoms with Gasteiger partial charge in [0, 0.05) is 0 Å². The predicted molar refractivity (Wildman–Crippen MR) is 81.4 cm³/mol. The Morgan fingerprint density at radius 1 is 1.22 bits per heavy atom. The Labute approximate surface area is 133 Å². The first kappa shape index (κ1) is 19.2. The topological polar surface area (TPSA) is 29.1 Å². The monoisotopic (exact) mass is 331 g/mol. The molecule has 1 aliphatic carbocycles. The Morgan fingerprint density at radius 2 is 1.83 bits per heavy atom. The molecule has 1 aliphatic rings. The number of rotatable bonds is 3. The van der Waals surface area contributed by atoms with Crippen molar-refractivity contribution < 1.29 is 22.4 Å². The third-order valence-electron chi connectivity index (χ3n) is 3.48. The average molecular weight is 331 g/mol. The van der Waals surface area contributed by atoms with Crippen LogP contribution in [0.5, 0.6) is 0 Å². The van der Waals surface area contributed by atoms with E-state index in [9.17, 15) is 22.4 Å². The van der Waals surface area contributed by atoms with E-state index in [0.29, 0.717) is 18.4 Å². The van der Waals surface area contributed by atoms with Crippen LogP contribution in [0.25, 0.3) is 0 Å². The summed E-state index contributed by atoms with van der Waals surface area (Å²) in [6.07, 6.45) is 0.547. The summed E-state index contributed by atoms with van der Waals surface area (Å²) in [5.74, 6) is -2.36. The van der Waals surface area contributed by atoms with E-state index in [1.165, 1.54) is 24.3 Å². The standard InChI is InChI=1S/C15H15F4NO.C2H6/c16-12-6-4-11(5-7-12)10-14(8-2-1-3-9-14)20-13(21)15(17,18)19;1-2/h2,4-8H,1,3,9-10H2,(H,20,21);1-2H3. The Balaban J connectivity index is 0.00000127. The summed E-state index contributed by atoms with van der Waals surface area (Å²) in [5.41, 5.74) is -0.395. The van der Waals surface area contributed by atoms with E-state index in [1.54, 1.807) is 12.2 Å². The van der Waals surface area contributed by atoms with Gasteiger partial charge in [0.1, 0.15) is 5.82 Å². The maximum absolute atomic E-state index is 12.9. The van der Waals surface area contributed by atoms with Gasteiger partial charge >= 0.3 is 12.1 Å². The van der Waals surface area contributed by atoms with Gasteiger partial charge in [0.05, 0.1) is 5.54 Å². The smallest absolute Gasteiger partial charge is 0.339 e. The first-order valence-corrected chi connectivity index (χ1v) is 7.62. The van der Waals surface area contributed by atoms with Gasteiger partial charge in [-0.1, -0.05) is 38.1 Å². The molecule has 1 aromatic rings. The fourth-order valence-electron chi connectivity index (χ4n) is 2.49. The molecule has 0 radical (unpaired) electrons. The van der Waals surface area contributed by atoms with Crippen LogP contribution in [-0.2, 0) is 11.2 Å². The molecule has 2 rings (SSSR count). The van der Waals surface area contributed by atoms with Crippen LogP contribution in [0, 0.1) is 5.82 Å². The first-order valence-electron chi connectivity index (χ1n) is 7.62. The number of nitrogens with one attached hydrogen (secondary N) is 1. The number of hydrogen-bond donors (Lipinski definition) is 1. The van der Waals surface area contributed by atoms with Gasteiger partial charge in [0.15, 0.2) is 0 Å². The van der Waals surface area contributed by atoms with Crippen LogP contribution >= 0.6 is 0 Å². The predicted octanol–water partition coefficient (Wildman–Crippen LogP) is 4.55. The van der Waals surface area contributed by atoms with Gasteiger partial charge in [-0.3, -0.25) is 4.79 Å². The summed E-state index contributed by atoms with van der Waals surface area (Å²) < 4.78 is 50.3. The minimum absolute atomic E-state index is 0.200. The van der Waals surface area contributed by atoms with Gasteiger partial charge in [-0.15, -0.1) is 0 Å². The van der Waals surface area contributed by atoms with Crippen LogP contribution in [0.4, 0.5) is 17.6 Å². The molecule has 0 aromatic heterocycles. The third kappa shape index (κ3) is 5.69. The summed E-state index contributed by atoms with van der Waals surface area (Å²) in [6.45, 7) is 4.00. The van der Waals surface area contributed by atoms with Crippen molar-refractivity contribution in [1.82, 2.24) is 5.32 Å². The molecule has 0 bridgehead atoms. The largest absolute Gasteiger partial charge is 0.471 e. The second kappa shape index (κ2) is 8.13. The third-order valence-corrected chi connectivity index (χ3v) is 3.48. The molecule has 0 saturated heterocycles. The average Bonchev–Trinajstić information content (AvgIpc) is 2.51. The molecular weight excluding hydrogens is 310 g/mol. The second-order valence-corrected chi connectivity index (χ2v) is 5.21. The number of benzene rings is 1. The highest BCUT2D eigenvalue weighted by molar-refractivity contribution is 5.82. The van der Waals surface area contributed by atoms with E-state index in [4.69, 9.17) is 0 Å². The molecule has 0 fully saturated rings. The maximum atomic E-state index is 12.9. The number of carbonyl (C=O) groups excluding carboxylic acids is 1. The van der Waals surface area contributed by atoms with E-state index < -0.39 is 23.4 Å². The lowest BCUT2D eigenvalue weighted by Crippen LogP contribution is -2.53. The lowest BCUT2D eigenvalue weighted by molar-refractivity contribution is -0.175. The molecule has 0 spiro atoms. The van der Waals surface area contributed by atoms with Gasteiger partial charge in [-0.25, -0.2) is 4.39 Å². The number of allylic oxidation sites excluding steroid dienone is 1. The van der Waals surface area contributed by atoms with E-state index in [-0.39, 0.29) is 6.42 Å². The lowest BCUT2D eigenvalue weighted by Gasteiger charge is -2.34. The van der Waals surface area contributed by atoms with Crippen molar-refractivity contribution >= 4 is 5.91 Å². The van der Waals surface area contributed by atoms with E-state index in [2.05, 4.69) is 5.32 Å². The molecule has 2 nitrogen and oxygen atoms in total. The fourth-order valence-corrected chi connectivity index (χ4v) is 2.49. The van der Waals surface area contributed by atoms with Crippen molar-refractivity contribution in [3.8, 4) is 0 Å². The summed E-state index contributed by atoms with van der Waals surface area (Å²) in [6, 6.07) is 5.53. The van der Waals surface area contributed by atoms with Gasteiger partial charge in [-0.05, 0) is 43.4 Å². The number of halogens is 4. The van der Waals surface area contributed by atoms with Crippen molar-refractivity contribution in [2.75, 3.05) is 0 Å².